The summed E-state index contributed by atoms with van der Waals surface area (Å²) >= 11 is 0. The van der Waals surface area contributed by atoms with Crippen LogP contribution >= 0.6 is 0 Å². The van der Waals surface area contributed by atoms with E-state index in [4.69, 9.17) is 9.47 Å². The van der Waals surface area contributed by atoms with Crippen molar-refractivity contribution in [1.29, 1.82) is 0 Å². The zero-order chi connectivity index (χ0) is 14.1. The number of fused-ring (bicyclic) bond motifs is 1. The van der Waals surface area contributed by atoms with Crippen LogP contribution in [0.3, 0.4) is 0 Å². The molecule has 104 valence electrons. The monoisotopic (exact) mass is 272 g/mol. The normalized spacial score (nSPS) is 14.3. The fourth-order valence-corrected chi connectivity index (χ4v) is 2.17. The first-order valence-electron chi connectivity index (χ1n) is 6.67. The van der Waals surface area contributed by atoms with Crippen LogP contribution in [0.4, 0.5) is 0 Å². The van der Waals surface area contributed by atoms with Crippen molar-refractivity contribution < 1.29 is 14.3 Å². The van der Waals surface area contributed by atoms with Gasteiger partial charge in [-0.1, -0.05) is 6.92 Å². The van der Waals surface area contributed by atoms with Crippen LogP contribution in [0.2, 0.25) is 0 Å². The molecule has 0 fully saturated rings. The minimum absolute atomic E-state index is 0.237. The van der Waals surface area contributed by atoms with Gasteiger partial charge in [-0.15, -0.1) is 0 Å². The van der Waals surface area contributed by atoms with E-state index in [0.29, 0.717) is 17.0 Å². The molecule has 0 N–H and O–H groups in total. The van der Waals surface area contributed by atoms with Gasteiger partial charge in [-0.2, -0.15) is 5.10 Å². The minimum Gasteiger partial charge on any atom is -0.454 e. The summed E-state index contributed by atoms with van der Waals surface area (Å²) in [5.74, 6) is 1.42. The molecule has 20 heavy (non-hydrogen) atoms. The van der Waals surface area contributed by atoms with Gasteiger partial charge in [0.05, 0.1) is 5.56 Å². The number of aldehydes is 1. The molecule has 1 aromatic heterocycles. The molecule has 2 heterocycles. The van der Waals surface area contributed by atoms with Gasteiger partial charge in [0.2, 0.25) is 6.79 Å². The summed E-state index contributed by atoms with van der Waals surface area (Å²) in [5.41, 5.74) is 2.13. The Bertz CT molecular complexity index is 649. The van der Waals surface area contributed by atoms with Crippen LogP contribution in [0.5, 0.6) is 11.5 Å². The number of carbonyl (C=O) groups excluding carboxylic acids is 1. The highest BCUT2D eigenvalue weighted by molar-refractivity contribution is 5.85. The number of hydrogen-bond acceptors (Lipinski definition) is 4. The zero-order valence-electron chi connectivity index (χ0n) is 11.5. The van der Waals surface area contributed by atoms with Crippen LogP contribution in [0.15, 0.2) is 24.4 Å². The Kier molecular flexibility index (Phi) is 3.18. The molecule has 0 saturated heterocycles. The van der Waals surface area contributed by atoms with Crippen molar-refractivity contribution >= 4 is 6.29 Å². The molecule has 1 atom stereocenters. The lowest BCUT2D eigenvalue weighted by Gasteiger charge is -2.08. The highest BCUT2D eigenvalue weighted by atomic mass is 16.7. The first-order valence-corrected chi connectivity index (χ1v) is 6.67. The number of benzene rings is 1. The van der Waals surface area contributed by atoms with E-state index < -0.39 is 0 Å². The van der Waals surface area contributed by atoms with Gasteiger partial charge in [0, 0.05) is 17.8 Å². The highest BCUT2D eigenvalue weighted by Crippen LogP contribution is 2.36. The molecule has 2 aromatic rings. The number of rotatable bonds is 4. The van der Waals surface area contributed by atoms with Crippen molar-refractivity contribution in [3.05, 3.63) is 30.0 Å². The molecule has 1 aliphatic heterocycles. The van der Waals surface area contributed by atoms with Crippen LogP contribution in [-0.4, -0.2) is 22.9 Å². The molecule has 5 heteroatoms. The van der Waals surface area contributed by atoms with Crippen molar-refractivity contribution in [2.45, 2.75) is 26.3 Å². The average Bonchev–Trinajstić information content (AvgIpc) is 3.11. The number of ether oxygens (including phenoxy) is 2. The second kappa shape index (κ2) is 5.00. The van der Waals surface area contributed by atoms with E-state index in [0.717, 1.165) is 24.0 Å². The summed E-state index contributed by atoms with van der Waals surface area (Å²) < 4.78 is 12.5. The SMILES string of the molecule is CCC(C)n1cc(C=O)c(-c2ccc3c(c2)OCO3)n1. The lowest BCUT2D eigenvalue weighted by Crippen LogP contribution is -2.04. The molecule has 0 saturated carbocycles. The smallest absolute Gasteiger partial charge is 0.231 e. The van der Waals surface area contributed by atoms with Crippen molar-refractivity contribution in [3.8, 4) is 22.8 Å². The second-order valence-electron chi connectivity index (χ2n) is 4.86. The topological polar surface area (TPSA) is 53.4 Å². The third-order valence-electron chi connectivity index (χ3n) is 3.58. The lowest BCUT2D eigenvalue weighted by atomic mass is 10.1. The molecule has 0 bridgehead atoms. The molecule has 1 unspecified atom stereocenters. The summed E-state index contributed by atoms with van der Waals surface area (Å²) in [6.07, 6.45) is 3.59. The van der Waals surface area contributed by atoms with Gasteiger partial charge in [0.15, 0.2) is 17.8 Å². The molecule has 5 nitrogen and oxygen atoms in total. The Morgan fingerprint density at radius 2 is 2.20 bits per heavy atom. The summed E-state index contributed by atoms with van der Waals surface area (Å²) in [5, 5.41) is 4.54. The summed E-state index contributed by atoms with van der Waals surface area (Å²) in [6.45, 7) is 4.40. The maximum atomic E-state index is 11.2. The Labute approximate surface area is 117 Å². The summed E-state index contributed by atoms with van der Waals surface area (Å²) in [6, 6.07) is 5.85. The standard InChI is InChI=1S/C15H16N2O3/c1-3-10(2)17-7-12(8-18)15(16-17)11-4-5-13-14(6-11)20-9-19-13/h4-8,10H,3,9H2,1-2H3. The van der Waals surface area contributed by atoms with Gasteiger partial charge in [0.1, 0.15) is 5.69 Å². The quantitative estimate of drug-likeness (QED) is 0.803. The molecule has 0 spiro atoms. The fraction of sp³-hybridized carbons (Fsp3) is 0.333. The maximum Gasteiger partial charge on any atom is 0.231 e. The van der Waals surface area contributed by atoms with Crippen molar-refractivity contribution in [2.24, 2.45) is 0 Å². The largest absolute Gasteiger partial charge is 0.454 e. The van der Waals surface area contributed by atoms with E-state index in [1.165, 1.54) is 0 Å². The van der Waals surface area contributed by atoms with Crippen molar-refractivity contribution in [2.75, 3.05) is 6.79 Å². The average molecular weight is 272 g/mol. The number of nitrogens with zero attached hydrogens (tertiary/aromatic N) is 2. The number of carbonyl (C=O) groups is 1. The zero-order valence-corrected chi connectivity index (χ0v) is 11.5. The van der Waals surface area contributed by atoms with Gasteiger partial charge in [-0.05, 0) is 31.5 Å². The molecule has 1 aromatic carbocycles. The molecule has 3 rings (SSSR count). The Balaban J connectivity index is 2.04. The van der Waals surface area contributed by atoms with Gasteiger partial charge in [-0.3, -0.25) is 9.48 Å². The van der Waals surface area contributed by atoms with E-state index in [9.17, 15) is 4.79 Å². The third-order valence-corrected chi connectivity index (χ3v) is 3.58. The van der Waals surface area contributed by atoms with Crippen LogP contribution in [0, 0.1) is 0 Å². The van der Waals surface area contributed by atoms with Crippen molar-refractivity contribution in [1.82, 2.24) is 9.78 Å². The van der Waals surface area contributed by atoms with Crippen LogP contribution in [-0.2, 0) is 0 Å². The van der Waals surface area contributed by atoms with E-state index in [1.54, 1.807) is 6.20 Å². The fourth-order valence-electron chi connectivity index (χ4n) is 2.17. The number of hydrogen-bond donors (Lipinski definition) is 0. The lowest BCUT2D eigenvalue weighted by molar-refractivity contribution is 0.112. The molecular weight excluding hydrogens is 256 g/mol. The van der Waals surface area contributed by atoms with E-state index in [-0.39, 0.29) is 12.8 Å². The second-order valence-corrected chi connectivity index (χ2v) is 4.86. The first kappa shape index (κ1) is 12.7. The van der Waals surface area contributed by atoms with Crippen molar-refractivity contribution in [3.63, 3.8) is 0 Å². The van der Waals surface area contributed by atoms with Gasteiger partial charge in [0.25, 0.3) is 0 Å². The number of aromatic nitrogens is 2. The van der Waals surface area contributed by atoms with Gasteiger partial charge < -0.3 is 9.47 Å². The van der Waals surface area contributed by atoms with Crippen LogP contribution in [0.25, 0.3) is 11.3 Å². The van der Waals surface area contributed by atoms with Crippen LogP contribution in [0.1, 0.15) is 36.7 Å². The highest BCUT2D eigenvalue weighted by Gasteiger charge is 2.18. The van der Waals surface area contributed by atoms with E-state index in [1.807, 2.05) is 22.9 Å². The Morgan fingerprint density at radius 1 is 1.40 bits per heavy atom. The molecule has 0 aliphatic carbocycles. The Hall–Kier alpha value is -2.30. The molecule has 0 radical (unpaired) electrons. The van der Waals surface area contributed by atoms with Gasteiger partial charge >= 0.3 is 0 Å². The maximum absolute atomic E-state index is 11.2. The van der Waals surface area contributed by atoms with Gasteiger partial charge in [-0.25, -0.2) is 0 Å². The predicted octanol–water partition coefficient (Wildman–Crippen LogP) is 3.06. The predicted molar refractivity (Wildman–Crippen MR) is 74.2 cm³/mol. The minimum atomic E-state index is 0.237. The molecular formula is C15H16N2O3. The molecule has 0 amide bonds. The first-order chi connectivity index (χ1) is 9.72. The molecule has 1 aliphatic rings. The third kappa shape index (κ3) is 2.05. The Morgan fingerprint density at radius 3 is 2.95 bits per heavy atom. The summed E-state index contributed by atoms with van der Waals surface area (Å²) in [7, 11) is 0. The van der Waals surface area contributed by atoms with E-state index in [2.05, 4.69) is 18.9 Å². The van der Waals surface area contributed by atoms with Crippen LogP contribution < -0.4 is 9.47 Å². The van der Waals surface area contributed by atoms with E-state index >= 15 is 0 Å². The summed E-state index contributed by atoms with van der Waals surface area (Å²) in [4.78, 5) is 11.2.